The van der Waals surface area contributed by atoms with Crippen LogP contribution in [0.1, 0.15) is 31.9 Å². The van der Waals surface area contributed by atoms with Crippen LogP contribution in [0.3, 0.4) is 0 Å². The van der Waals surface area contributed by atoms with Crippen LogP contribution in [0.4, 0.5) is 5.69 Å². The maximum Gasteiger partial charge on any atom is 0.302 e. The van der Waals surface area contributed by atoms with Gasteiger partial charge in [0.15, 0.2) is 0 Å². The molecule has 1 atom stereocenters. The minimum Gasteiger partial charge on any atom is -0.465 e. The number of halogens is 2. The third-order valence-electron chi connectivity index (χ3n) is 5.15. The summed E-state index contributed by atoms with van der Waals surface area (Å²) in [5, 5.41) is 4.16. The quantitative estimate of drug-likeness (QED) is 0.643. The molecule has 1 N–H and O–H groups in total. The van der Waals surface area contributed by atoms with E-state index >= 15 is 0 Å². The summed E-state index contributed by atoms with van der Waals surface area (Å²) in [5.74, 6) is -0.480. The number of anilines is 1. The fraction of sp³-hybridized carbons (Fsp3) is 0.364. The Balaban J connectivity index is 2.11. The number of benzene rings is 2. The number of ether oxygens (including phenoxy) is 1. The molecule has 0 fully saturated rings. The zero-order chi connectivity index (χ0) is 21.2. The zero-order valence-electron chi connectivity index (χ0n) is 16.7. The van der Waals surface area contributed by atoms with Gasteiger partial charge in [-0.05, 0) is 43.7 Å². The van der Waals surface area contributed by atoms with Crippen molar-refractivity contribution in [2.45, 2.75) is 38.8 Å². The second-order valence-corrected chi connectivity index (χ2v) is 8.31. The van der Waals surface area contributed by atoms with Crippen molar-refractivity contribution in [2.24, 2.45) is 0 Å². The van der Waals surface area contributed by atoms with Crippen LogP contribution in [0.2, 0.25) is 10.0 Å². The number of esters is 1. The molecule has 0 spiro atoms. The van der Waals surface area contributed by atoms with Gasteiger partial charge in [-0.2, -0.15) is 0 Å². The summed E-state index contributed by atoms with van der Waals surface area (Å²) in [6.07, 6.45) is 0.423. The van der Waals surface area contributed by atoms with Gasteiger partial charge in [-0.15, -0.1) is 0 Å². The van der Waals surface area contributed by atoms with E-state index in [1.54, 1.807) is 18.2 Å². The molecule has 0 saturated heterocycles. The Morgan fingerprint density at radius 2 is 1.90 bits per heavy atom. The van der Waals surface area contributed by atoms with Crippen LogP contribution < -0.4 is 5.32 Å². The lowest BCUT2D eigenvalue weighted by Gasteiger charge is -2.42. The molecule has 0 bridgehead atoms. The molecule has 1 aliphatic rings. The SMILES string of the molecule is CC(=O)OCCN(C(C)C)C1(Cc2cccc(Cl)c2)C(=O)Nc2cc(Cl)ccc21. The predicted molar refractivity (Wildman–Crippen MR) is 115 cm³/mol. The zero-order valence-corrected chi connectivity index (χ0v) is 18.2. The van der Waals surface area contributed by atoms with Gasteiger partial charge in [-0.25, -0.2) is 0 Å². The standard InChI is InChI=1S/C22H24Cl2N2O3/c1-14(2)26(9-10-29-15(3)27)22(13-16-5-4-6-17(23)11-16)19-8-7-18(24)12-20(19)25-21(22)28/h4-8,11-12,14H,9-10,13H2,1-3H3,(H,25,28). The summed E-state index contributed by atoms with van der Waals surface area (Å²) in [6, 6.07) is 13.0. The number of fused-ring (bicyclic) bond motifs is 1. The highest BCUT2D eigenvalue weighted by molar-refractivity contribution is 6.31. The smallest absolute Gasteiger partial charge is 0.302 e. The minimum absolute atomic E-state index is 0.0112. The Bertz CT molecular complexity index is 932. The Kier molecular flexibility index (Phi) is 6.52. The van der Waals surface area contributed by atoms with Crippen LogP contribution in [0.5, 0.6) is 0 Å². The van der Waals surface area contributed by atoms with E-state index in [0.717, 1.165) is 11.1 Å². The molecule has 2 aromatic rings. The molecule has 29 heavy (non-hydrogen) atoms. The topological polar surface area (TPSA) is 58.6 Å². The van der Waals surface area contributed by atoms with Gasteiger partial charge in [-0.1, -0.05) is 41.4 Å². The van der Waals surface area contributed by atoms with Gasteiger partial charge in [0.25, 0.3) is 0 Å². The molecule has 7 heteroatoms. The largest absolute Gasteiger partial charge is 0.465 e. The highest BCUT2D eigenvalue weighted by Gasteiger charge is 2.52. The average Bonchev–Trinajstić information content (AvgIpc) is 2.89. The lowest BCUT2D eigenvalue weighted by atomic mass is 9.82. The maximum atomic E-state index is 13.5. The van der Waals surface area contributed by atoms with E-state index in [4.69, 9.17) is 27.9 Å². The molecule has 0 radical (unpaired) electrons. The summed E-state index contributed by atoms with van der Waals surface area (Å²) < 4.78 is 5.18. The molecule has 0 aromatic heterocycles. The van der Waals surface area contributed by atoms with E-state index in [1.165, 1.54) is 6.92 Å². The Labute approximate surface area is 180 Å². The second-order valence-electron chi connectivity index (χ2n) is 7.44. The van der Waals surface area contributed by atoms with E-state index in [0.29, 0.717) is 28.7 Å². The monoisotopic (exact) mass is 434 g/mol. The van der Waals surface area contributed by atoms with E-state index in [9.17, 15) is 9.59 Å². The van der Waals surface area contributed by atoms with Gasteiger partial charge < -0.3 is 10.1 Å². The number of carbonyl (C=O) groups is 2. The van der Waals surface area contributed by atoms with Crippen molar-refractivity contribution < 1.29 is 14.3 Å². The van der Waals surface area contributed by atoms with Crippen LogP contribution in [0, 0.1) is 0 Å². The number of amides is 1. The molecule has 2 aromatic carbocycles. The van der Waals surface area contributed by atoms with Crippen LogP contribution >= 0.6 is 23.2 Å². The van der Waals surface area contributed by atoms with Crippen molar-refractivity contribution in [1.82, 2.24) is 4.90 Å². The van der Waals surface area contributed by atoms with Gasteiger partial charge in [-0.3, -0.25) is 14.5 Å². The maximum absolute atomic E-state index is 13.5. The van der Waals surface area contributed by atoms with Gasteiger partial charge in [0.05, 0.1) is 0 Å². The molecular formula is C22H24Cl2N2O3. The summed E-state index contributed by atoms with van der Waals surface area (Å²) in [4.78, 5) is 26.8. The van der Waals surface area contributed by atoms with Crippen LogP contribution in [-0.4, -0.2) is 36.0 Å². The Morgan fingerprint density at radius 3 is 2.55 bits per heavy atom. The number of nitrogens with one attached hydrogen (secondary N) is 1. The molecule has 1 unspecified atom stereocenters. The number of hydrogen-bond acceptors (Lipinski definition) is 4. The van der Waals surface area contributed by atoms with Gasteiger partial charge in [0.2, 0.25) is 5.91 Å². The molecule has 0 saturated carbocycles. The van der Waals surface area contributed by atoms with Crippen molar-refractivity contribution in [3.63, 3.8) is 0 Å². The van der Waals surface area contributed by atoms with Gasteiger partial charge in [0.1, 0.15) is 12.1 Å². The van der Waals surface area contributed by atoms with Crippen molar-refractivity contribution in [1.29, 1.82) is 0 Å². The van der Waals surface area contributed by atoms with Crippen molar-refractivity contribution in [3.05, 3.63) is 63.6 Å². The van der Waals surface area contributed by atoms with Crippen LogP contribution in [-0.2, 0) is 26.3 Å². The van der Waals surface area contributed by atoms with E-state index in [-0.39, 0.29) is 24.5 Å². The lowest BCUT2D eigenvalue weighted by Crippen LogP contribution is -2.56. The molecule has 0 aliphatic carbocycles. The normalized spacial score (nSPS) is 18.1. The highest BCUT2D eigenvalue weighted by Crippen LogP contribution is 2.45. The predicted octanol–water partition coefficient (Wildman–Crippen LogP) is 4.66. The number of nitrogens with zero attached hydrogens (tertiary/aromatic N) is 1. The second kappa shape index (κ2) is 8.74. The van der Waals surface area contributed by atoms with Crippen molar-refractivity contribution in [2.75, 3.05) is 18.5 Å². The molecule has 3 rings (SSSR count). The molecule has 1 aliphatic heterocycles. The number of rotatable bonds is 7. The first-order valence-corrected chi connectivity index (χ1v) is 10.3. The molecule has 5 nitrogen and oxygen atoms in total. The summed E-state index contributed by atoms with van der Waals surface area (Å²) in [6.45, 7) is 6.03. The molecule has 1 heterocycles. The minimum atomic E-state index is -0.973. The van der Waals surface area contributed by atoms with E-state index in [1.807, 2.05) is 38.1 Å². The average molecular weight is 435 g/mol. The summed E-state index contributed by atoms with van der Waals surface area (Å²) in [7, 11) is 0. The third-order valence-corrected chi connectivity index (χ3v) is 5.62. The van der Waals surface area contributed by atoms with Gasteiger partial charge in [0, 0.05) is 47.2 Å². The Morgan fingerprint density at radius 1 is 1.17 bits per heavy atom. The first-order valence-electron chi connectivity index (χ1n) is 9.50. The third kappa shape index (κ3) is 4.42. The van der Waals surface area contributed by atoms with Gasteiger partial charge >= 0.3 is 5.97 Å². The molecular weight excluding hydrogens is 411 g/mol. The Hall–Kier alpha value is -2.08. The fourth-order valence-electron chi connectivity index (χ4n) is 4.01. The number of hydrogen-bond donors (Lipinski definition) is 1. The first-order chi connectivity index (χ1) is 13.7. The molecule has 1 amide bonds. The van der Waals surface area contributed by atoms with Crippen LogP contribution in [0.15, 0.2) is 42.5 Å². The molecule has 154 valence electrons. The summed E-state index contributed by atoms with van der Waals surface area (Å²) in [5.41, 5.74) is 1.51. The summed E-state index contributed by atoms with van der Waals surface area (Å²) >= 11 is 12.4. The fourth-order valence-corrected chi connectivity index (χ4v) is 4.40. The lowest BCUT2D eigenvalue weighted by molar-refractivity contribution is -0.142. The van der Waals surface area contributed by atoms with E-state index < -0.39 is 5.54 Å². The van der Waals surface area contributed by atoms with Crippen molar-refractivity contribution >= 4 is 40.8 Å². The van der Waals surface area contributed by atoms with Crippen molar-refractivity contribution in [3.8, 4) is 0 Å². The van der Waals surface area contributed by atoms with Crippen LogP contribution in [0.25, 0.3) is 0 Å². The first kappa shape index (κ1) is 21.6. The highest BCUT2D eigenvalue weighted by atomic mass is 35.5. The van der Waals surface area contributed by atoms with E-state index in [2.05, 4.69) is 10.2 Å². The number of carbonyl (C=O) groups excluding carboxylic acids is 2.